The van der Waals surface area contributed by atoms with Crippen molar-refractivity contribution in [3.63, 3.8) is 0 Å². The van der Waals surface area contributed by atoms with Gasteiger partial charge in [-0.2, -0.15) is 0 Å². The van der Waals surface area contributed by atoms with Gasteiger partial charge < -0.3 is 15.0 Å². The summed E-state index contributed by atoms with van der Waals surface area (Å²) in [7, 11) is 0. The summed E-state index contributed by atoms with van der Waals surface area (Å²) in [4.78, 5) is 29.5. The lowest BCUT2D eigenvalue weighted by atomic mass is 10.1. The molecule has 0 aliphatic carbocycles. The van der Waals surface area contributed by atoms with Gasteiger partial charge in [0.25, 0.3) is 5.91 Å². The minimum atomic E-state index is -0.904. The average molecular weight is 432 g/mol. The van der Waals surface area contributed by atoms with Crippen molar-refractivity contribution in [2.45, 2.75) is 82.5 Å². The minimum Gasteiger partial charge on any atom is -0.480 e. The summed E-state index contributed by atoms with van der Waals surface area (Å²) in [5.41, 5.74) is 0.972. The molecule has 0 saturated heterocycles. The molecule has 0 aliphatic heterocycles. The molecule has 0 saturated carbocycles. The third kappa shape index (κ3) is 6.62. The maximum atomic E-state index is 12.6. The highest BCUT2D eigenvalue weighted by atomic mass is 32.2. The summed E-state index contributed by atoms with van der Waals surface area (Å²) < 4.78 is 1.13. The standard InChI is InChI=1S/C23H33N3O3S/c1-7-8-9-14-26-15-18(20(27)25-22(2,3)4)24-19(26)16-10-12-17(13-11-16)30-23(5,6)21(28)29/h10-13,15H,7-9,14H2,1-6H3,(H,25,27)(H,28,29). The molecule has 1 heterocycles. The van der Waals surface area contributed by atoms with E-state index in [0.717, 1.165) is 42.1 Å². The second-order valence-corrected chi connectivity index (χ2v) is 10.7. The number of aryl methyl sites for hydroxylation is 1. The Morgan fingerprint density at radius 3 is 2.27 bits per heavy atom. The summed E-state index contributed by atoms with van der Waals surface area (Å²) in [5, 5.41) is 12.3. The lowest BCUT2D eigenvalue weighted by molar-refractivity contribution is -0.138. The number of aliphatic carboxylic acids is 1. The number of hydrogen-bond acceptors (Lipinski definition) is 4. The number of carboxylic acid groups (broad SMARTS) is 1. The van der Waals surface area contributed by atoms with E-state index in [1.165, 1.54) is 11.8 Å². The summed E-state index contributed by atoms with van der Waals surface area (Å²) >= 11 is 1.30. The molecule has 1 amide bonds. The molecule has 7 heteroatoms. The lowest BCUT2D eigenvalue weighted by Crippen LogP contribution is -2.40. The van der Waals surface area contributed by atoms with Crippen LogP contribution in [0.4, 0.5) is 0 Å². The van der Waals surface area contributed by atoms with Crippen LogP contribution in [-0.4, -0.2) is 36.8 Å². The number of thioether (sulfide) groups is 1. The van der Waals surface area contributed by atoms with Crippen LogP contribution in [0.15, 0.2) is 35.4 Å². The number of amides is 1. The van der Waals surface area contributed by atoms with Gasteiger partial charge in [-0.15, -0.1) is 11.8 Å². The first kappa shape index (κ1) is 24.0. The van der Waals surface area contributed by atoms with Gasteiger partial charge in [-0.3, -0.25) is 9.59 Å². The van der Waals surface area contributed by atoms with Gasteiger partial charge in [0.2, 0.25) is 0 Å². The highest BCUT2D eigenvalue weighted by Crippen LogP contribution is 2.33. The number of imidazole rings is 1. The van der Waals surface area contributed by atoms with E-state index in [1.54, 1.807) is 13.8 Å². The molecule has 0 unspecified atom stereocenters. The highest BCUT2D eigenvalue weighted by Gasteiger charge is 2.28. The predicted octanol–water partition coefficient (Wildman–Crippen LogP) is 5.22. The Kier molecular flexibility index (Phi) is 7.75. The van der Waals surface area contributed by atoms with E-state index in [2.05, 4.69) is 17.2 Å². The van der Waals surface area contributed by atoms with Crippen molar-refractivity contribution in [1.82, 2.24) is 14.9 Å². The van der Waals surface area contributed by atoms with Crippen molar-refractivity contribution >= 4 is 23.6 Å². The zero-order chi connectivity index (χ0) is 22.5. The molecule has 164 valence electrons. The highest BCUT2D eigenvalue weighted by molar-refractivity contribution is 8.01. The minimum absolute atomic E-state index is 0.187. The zero-order valence-corrected chi connectivity index (χ0v) is 19.6. The number of unbranched alkanes of at least 4 members (excludes halogenated alkanes) is 2. The van der Waals surface area contributed by atoms with Crippen LogP contribution in [-0.2, 0) is 11.3 Å². The summed E-state index contributed by atoms with van der Waals surface area (Å²) in [6, 6.07) is 7.68. The van der Waals surface area contributed by atoms with E-state index < -0.39 is 10.7 Å². The molecular weight excluding hydrogens is 398 g/mol. The van der Waals surface area contributed by atoms with E-state index in [0.29, 0.717) is 5.69 Å². The van der Waals surface area contributed by atoms with Crippen LogP contribution in [0.5, 0.6) is 0 Å². The molecule has 0 bridgehead atoms. The summed E-state index contributed by atoms with van der Waals surface area (Å²) in [6.45, 7) is 12.2. The SMILES string of the molecule is CCCCCn1cc(C(=O)NC(C)(C)C)nc1-c1ccc(SC(C)(C)C(=O)O)cc1. The number of rotatable bonds is 9. The molecule has 2 rings (SSSR count). The van der Waals surface area contributed by atoms with Gasteiger partial charge >= 0.3 is 5.97 Å². The van der Waals surface area contributed by atoms with Crippen molar-refractivity contribution < 1.29 is 14.7 Å². The van der Waals surface area contributed by atoms with Gasteiger partial charge in [-0.05, 0) is 53.2 Å². The van der Waals surface area contributed by atoms with Gasteiger partial charge in [-0.1, -0.05) is 31.9 Å². The Bertz CT molecular complexity index is 880. The molecular formula is C23H33N3O3S. The largest absolute Gasteiger partial charge is 0.480 e. The van der Waals surface area contributed by atoms with E-state index in [-0.39, 0.29) is 11.4 Å². The monoisotopic (exact) mass is 431 g/mol. The molecule has 0 aliphatic rings. The average Bonchev–Trinajstić information content (AvgIpc) is 3.05. The molecule has 0 radical (unpaired) electrons. The molecule has 2 N–H and O–H groups in total. The van der Waals surface area contributed by atoms with Crippen LogP contribution in [0.25, 0.3) is 11.4 Å². The van der Waals surface area contributed by atoms with Crippen LogP contribution in [0.3, 0.4) is 0 Å². The smallest absolute Gasteiger partial charge is 0.319 e. The third-order valence-electron chi connectivity index (χ3n) is 4.50. The second-order valence-electron chi connectivity index (χ2n) is 9.00. The number of carbonyl (C=O) groups is 2. The van der Waals surface area contributed by atoms with Crippen LogP contribution < -0.4 is 5.32 Å². The quantitative estimate of drug-likeness (QED) is 0.420. The van der Waals surface area contributed by atoms with Gasteiger partial charge in [0, 0.05) is 28.7 Å². The number of hydrogen-bond donors (Lipinski definition) is 2. The van der Waals surface area contributed by atoms with E-state index in [9.17, 15) is 14.7 Å². The Morgan fingerprint density at radius 2 is 1.73 bits per heavy atom. The first-order chi connectivity index (χ1) is 13.9. The first-order valence-electron chi connectivity index (χ1n) is 10.4. The number of carbonyl (C=O) groups excluding carboxylic acids is 1. The molecule has 0 spiro atoms. The molecule has 6 nitrogen and oxygen atoms in total. The normalized spacial score (nSPS) is 12.1. The molecule has 0 atom stereocenters. The first-order valence-corrected chi connectivity index (χ1v) is 11.2. The van der Waals surface area contributed by atoms with E-state index in [1.807, 2.05) is 55.8 Å². The lowest BCUT2D eigenvalue weighted by Gasteiger charge is -2.19. The molecule has 1 aromatic carbocycles. The summed E-state index contributed by atoms with van der Waals surface area (Å²) in [5.74, 6) is -0.287. The topological polar surface area (TPSA) is 84.2 Å². The second kappa shape index (κ2) is 9.69. The van der Waals surface area contributed by atoms with E-state index in [4.69, 9.17) is 0 Å². The Balaban J connectivity index is 2.31. The van der Waals surface area contributed by atoms with Crippen molar-refractivity contribution in [1.29, 1.82) is 0 Å². The summed E-state index contributed by atoms with van der Waals surface area (Å²) in [6.07, 6.45) is 5.07. The van der Waals surface area contributed by atoms with Gasteiger partial charge in [0.05, 0.1) is 0 Å². The van der Waals surface area contributed by atoms with Gasteiger partial charge in [-0.25, -0.2) is 4.98 Å². The van der Waals surface area contributed by atoms with Crippen molar-refractivity contribution in [3.05, 3.63) is 36.2 Å². The molecule has 30 heavy (non-hydrogen) atoms. The van der Waals surface area contributed by atoms with Gasteiger partial charge in [0.1, 0.15) is 16.3 Å². The number of nitrogens with one attached hydrogen (secondary N) is 1. The number of benzene rings is 1. The fraction of sp³-hybridized carbons (Fsp3) is 0.522. The molecule has 0 fully saturated rings. The van der Waals surface area contributed by atoms with Crippen LogP contribution >= 0.6 is 11.8 Å². The molecule has 2 aromatic rings. The van der Waals surface area contributed by atoms with Crippen molar-refractivity contribution in [3.8, 4) is 11.4 Å². The number of carboxylic acids is 1. The Morgan fingerprint density at radius 1 is 1.10 bits per heavy atom. The number of aromatic nitrogens is 2. The fourth-order valence-corrected chi connectivity index (χ4v) is 3.82. The maximum absolute atomic E-state index is 12.6. The third-order valence-corrected chi connectivity index (χ3v) is 5.69. The van der Waals surface area contributed by atoms with Crippen molar-refractivity contribution in [2.75, 3.05) is 0 Å². The van der Waals surface area contributed by atoms with Gasteiger partial charge in [0.15, 0.2) is 0 Å². The van der Waals surface area contributed by atoms with Crippen LogP contribution in [0.1, 0.15) is 71.3 Å². The Hall–Kier alpha value is -2.28. The maximum Gasteiger partial charge on any atom is 0.319 e. The number of nitrogens with zero attached hydrogens (tertiary/aromatic N) is 2. The fourth-order valence-electron chi connectivity index (χ4n) is 2.87. The van der Waals surface area contributed by atoms with Crippen LogP contribution in [0.2, 0.25) is 0 Å². The zero-order valence-electron chi connectivity index (χ0n) is 18.8. The molecule has 1 aromatic heterocycles. The Labute approximate surface area is 183 Å². The van der Waals surface area contributed by atoms with E-state index >= 15 is 0 Å². The van der Waals surface area contributed by atoms with Crippen molar-refractivity contribution in [2.24, 2.45) is 0 Å². The van der Waals surface area contributed by atoms with Crippen LogP contribution in [0, 0.1) is 0 Å². The predicted molar refractivity (Wildman–Crippen MR) is 122 cm³/mol.